The van der Waals surface area contributed by atoms with Crippen LogP contribution in [0.3, 0.4) is 0 Å². The third-order valence-corrected chi connectivity index (χ3v) is 4.94. The van der Waals surface area contributed by atoms with Gasteiger partial charge in [-0.15, -0.1) is 0 Å². The zero-order chi connectivity index (χ0) is 19.5. The maximum atomic E-state index is 12.2. The summed E-state index contributed by atoms with van der Waals surface area (Å²) in [6.07, 6.45) is 4.80. The molecule has 1 aromatic carbocycles. The molecule has 0 spiro atoms. The minimum atomic E-state index is 0.174. The number of hydrogen-bond donors (Lipinski definition) is 2. The first-order valence-corrected chi connectivity index (χ1v) is 9.52. The molecule has 3 aromatic rings. The van der Waals surface area contributed by atoms with Crippen LogP contribution in [0.5, 0.6) is 0 Å². The van der Waals surface area contributed by atoms with E-state index in [-0.39, 0.29) is 5.91 Å². The van der Waals surface area contributed by atoms with E-state index in [1.165, 1.54) is 5.57 Å². The molecule has 2 aromatic heterocycles. The monoisotopic (exact) mass is 375 g/mol. The van der Waals surface area contributed by atoms with Crippen LogP contribution in [0.25, 0.3) is 16.6 Å². The standard InChI is InChI=1S/C22H25N5O/c1-26(2)15-21(28)27-12-9-16(10-13-27)20-14-18-19(8-11-23-22(18)25-20)24-17-6-4-3-5-7-17/h3-9,11,14H,10,12-13,15H2,1-2H3,(H2,23,24,25). The van der Waals surface area contributed by atoms with Gasteiger partial charge in [0.05, 0.1) is 12.2 Å². The van der Waals surface area contributed by atoms with Crippen molar-refractivity contribution < 1.29 is 4.79 Å². The lowest BCUT2D eigenvalue weighted by Crippen LogP contribution is -2.40. The average molecular weight is 375 g/mol. The summed E-state index contributed by atoms with van der Waals surface area (Å²) >= 11 is 0. The topological polar surface area (TPSA) is 64.3 Å². The zero-order valence-electron chi connectivity index (χ0n) is 16.3. The van der Waals surface area contributed by atoms with Crippen LogP contribution in [-0.4, -0.2) is 59.4 Å². The number of nitrogens with one attached hydrogen (secondary N) is 2. The number of H-pyrrole nitrogens is 1. The van der Waals surface area contributed by atoms with Gasteiger partial charge in [-0.05, 0) is 50.4 Å². The Morgan fingerprint density at radius 2 is 2.07 bits per heavy atom. The molecule has 3 heterocycles. The molecule has 0 unspecified atom stereocenters. The fraction of sp³-hybridized carbons (Fsp3) is 0.273. The SMILES string of the molecule is CN(C)CC(=O)N1CC=C(c2cc3c(Nc4ccccc4)ccnc3[nH]2)CC1. The molecule has 0 fully saturated rings. The number of hydrogen-bond acceptors (Lipinski definition) is 4. The predicted octanol–water partition coefficient (Wildman–Crippen LogP) is 3.48. The van der Waals surface area contributed by atoms with Crippen molar-refractivity contribution in [3.63, 3.8) is 0 Å². The van der Waals surface area contributed by atoms with Crippen LogP contribution >= 0.6 is 0 Å². The van der Waals surface area contributed by atoms with Gasteiger partial charge in [0.15, 0.2) is 0 Å². The van der Waals surface area contributed by atoms with Crippen molar-refractivity contribution in [1.82, 2.24) is 19.8 Å². The van der Waals surface area contributed by atoms with Gasteiger partial charge in [0.1, 0.15) is 5.65 Å². The zero-order valence-corrected chi connectivity index (χ0v) is 16.3. The van der Waals surface area contributed by atoms with E-state index in [1.807, 2.05) is 66.5 Å². The molecule has 6 heteroatoms. The third kappa shape index (κ3) is 3.92. The Labute approximate surface area is 164 Å². The van der Waals surface area contributed by atoms with Gasteiger partial charge >= 0.3 is 0 Å². The Hall–Kier alpha value is -3.12. The summed E-state index contributed by atoms with van der Waals surface area (Å²) in [5.41, 5.74) is 5.24. The fourth-order valence-corrected chi connectivity index (χ4v) is 3.50. The number of para-hydroxylation sites is 1. The van der Waals surface area contributed by atoms with Crippen molar-refractivity contribution in [2.75, 3.05) is 39.0 Å². The Morgan fingerprint density at radius 3 is 2.79 bits per heavy atom. The molecule has 1 aliphatic rings. The summed E-state index contributed by atoms with van der Waals surface area (Å²) < 4.78 is 0. The number of fused-ring (bicyclic) bond motifs is 1. The smallest absolute Gasteiger partial charge is 0.237 e. The normalized spacial score (nSPS) is 14.4. The molecule has 1 aliphatic heterocycles. The number of amides is 1. The van der Waals surface area contributed by atoms with Crippen molar-refractivity contribution in [3.05, 3.63) is 60.4 Å². The van der Waals surface area contributed by atoms with Crippen LogP contribution in [0, 0.1) is 0 Å². The van der Waals surface area contributed by atoms with Gasteiger partial charge in [0.25, 0.3) is 0 Å². The number of nitrogens with zero attached hydrogens (tertiary/aromatic N) is 3. The molecule has 6 nitrogen and oxygen atoms in total. The van der Waals surface area contributed by atoms with E-state index in [0.717, 1.165) is 41.1 Å². The molecular weight excluding hydrogens is 350 g/mol. The van der Waals surface area contributed by atoms with E-state index in [1.54, 1.807) is 0 Å². The predicted molar refractivity (Wildman–Crippen MR) is 114 cm³/mol. The molecule has 0 aliphatic carbocycles. The lowest BCUT2D eigenvalue weighted by molar-refractivity contribution is -0.131. The number of aromatic amines is 1. The summed E-state index contributed by atoms with van der Waals surface area (Å²) in [5, 5.41) is 4.53. The minimum absolute atomic E-state index is 0.174. The number of anilines is 2. The summed E-state index contributed by atoms with van der Waals surface area (Å²) in [7, 11) is 3.84. The van der Waals surface area contributed by atoms with Gasteiger partial charge in [0, 0.05) is 36.1 Å². The fourth-order valence-electron chi connectivity index (χ4n) is 3.50. The molecule has 0 bridgehead atoms. The second kappa shape index (κ2) is 7.86. The number of rotatable bonds is 5. The highest BCUT2D eigenvalue weighted by Crippen LogP contribution is 2.30. The van der Waals surface area contributed by atoms with E-state index < -0.39 is 0 Å². The Morgan fingerprint density at radius 1 is 1.25 bits per heavy atom. The van der Waals surface area contributed by atoms with Crippen molar-refractivity contribution in [1.29, 1.82) is 0 Å². The average Bonchev–Trinajstić information content (AvgIpc) is 3.14. The summed E-state index contributed by atoms with van der Waals surface area (Å²) in [5.74, 6) is 0.174. The van der Waals surface area contributed by atoms with Gasteiger partial charge in [0.2, 0.25) is 5.91 Å². The van der Waals surface area contributed by atoms with Crippen LogP contribution in [0.2, 0.25) is 0 Å². The van der Waals surface area contributed by atoms with E-state index >= 15 is 0 Å². The maximum absolute atomic E-state index is 12.2. The molecule has 144 valence electrons. The van der Waals surface area contributed by atoms with E-state index in [9.17, 15) is 4.79 Å². The minimum Gasteiger partial charge on any atom is -0.355 e. The van der Waals surface area contributed by atoms with Crippen LogP contribution < -0.4 is 5.32 Å². The number of carbonyl (C=O) groups excluding carboxylic acids is 1. The first kappa shape index (κ1) is 18.3. The van der Waals surface area contributed by atoms with Crippen LogP contribution in [0.4, 0.5) is 11.4 Å². The third-order valence-electron chi connectivity index (χ3n) is 4.94. The number of pyridine rings is 1. The van der Waals surface area contributed by atoms with E-state index in [2.05, 4.69) is 27.4 Å². The molecule has 28 heavy (non-hydrogen) atoms. The van der Waals surface area contributed by atoms with Crippen molar-refractivity contribution in [3.8, 4) is 0 Å². The van der Waals surface area contributed by atoms with Crippen molar-refractivity contribution in [2.24, 2.45) is 0 Å². The van der Waals surface area contributed by atoms with Gasteiger partial charge in [-0.25, -0.2) is 4.98 Å². The van der Waals surface area contributed by atoms with Crippen LogP contribution in [0.1, 0.15) is 12.1 Å². The summed E-state index contributed by atoms with van der Waals surface area (Å²) in [6, 6.07) is 14.3. The summed E-state index contributed by atoms with van der Waals surface area (Å²) in [4.78, 5) is 24.0. The van der Waals surface area contributed by atoms with Crippen molar-refractivity contribution in [2.45, 2.75) is 6.42 Å². The number of aromatic nitrogens is 2. The number of benzene rings is 1. The van der Waals surface area contributed by atoms with Gasteiger partial charge < -0.3 is 20.1 Å². The lowest BCUT2D eigenvalue weighted by Gasteiger charge is -2.27. The maximum Gasteiger partial charge on any atom is 0.237 e. The highest BCUT2D eigenvalue weighted by molar-refractivity contribution is 5.94. The molecule has 0 saturated heterocycles. The second-order valence-corrected chi connectivity index (χ2v) is 7.35. The summed E-state index contributed by atoms with van der Waals surface area (Å²) in [6.45, 7) is 1.85. The van der Waals surface area contributed by atoms with E-state index in [0.29, 0.717) is 13.1 Å². The Bertz CT molecular complexity index is 1010. The number of likely N-dealkylation sites (N-methyl/N-ethyl adjacent to an activating group) is 1. The van der Waals surface area contributed by atoms with Gasteiger partial charge in [-0.3, -0.25) is 4.79 Å². The second-order valence-electron chi connectivity index (χ2n) is 7.35. The Balaban J connectivity index is 1.55. The number of carbonyl (C=O) groups is 1. The van der Waals surface area contributed by atoms with Crippen molar-refractivity contribution >= 4 is 33.9 Å². The first-order chi connectivity index (χ1) is 13.6. The highest BCUT2D eigenvalue weighted by atomic mass is 16.2. The molecule has 0 atom stereocenters. The highest BCUT2D eigenvalue weighted by Gasteiger charge is 2.19. The van der Waals surface area contributed by atoms with E-state index in [4.69, 9.17) is 0 Å². The van der Waals surface area contributed by atoms with Crippen LogP contribution in [0.15, 0.2) is 54.7 Å². The van der Waals surface area contributed by atoms with Gasteiger partial charge in [-0.2, -0.15) is 0 Å². The molecule has 0 radical (unpaired) electrons. The molecule has 1 amide bonds. The lowest BCUT2D eigenvalue weighted by atomic mass is 10.0. The Kier molecular flexibility index (Phi) is 5.12. The van der Waals surface area contributed by atoms with Gasteiger partial charge in [-0.1, -0.05) is 24.3 Å². The quantitative estimate of drug-likeness (QED) is 0.717. The molecule has 2 N–H and O–H groups in total. The largest absolute Gasteiger partial charge is 0.355 e. The first-order valence-electron chi connectivity index (χ1n) is 9.52. The molecule has 4 rings (SSSR count). The molecular formula is C22H25N5O. The molecule has 0 saturated carbocycles. The van der Waals surface area contributed by atoms with Crippen LogP contribution in [-0.2, 0) is 4.79 Å².